The summed E-state index contributed by atoms with van der Waals surface area (Å²) in [7, 11) is 0. The quantitative estimate of drug-likeness (QED) is 0.272. The molecule has 0 aliphatic rings. The van der Waals surface area contributed by atoms with Crippen LogP contribution in [-0.2, 0) is 4.79 Å². The van der Waals surface area contributed by atoms with E-state index >= 15 is 0 Å². The van der Waals surface area contributed by atoms with Crippen molar-refractivity contribution in [2.45, 2.75) is 29.5 Å². The second-order valence-electron chi connectivity index (χ2n) is 4.79. The molecule has 0 unspecified atom stereocenters. The number of phenolic OH excluding ortho intramolecular Hbond substituents is 1. The molecule has 0 aliphatic heterocycles. The van der Waals surface area contributed by atoms with Crippen molar-refractivity contribution in [3.63, 3.8) is 0 Å². The summed E-state index contributed by atoms with van der Waals surface area (Å²) < 4.78 is 32.0. The fourth-order valence-corrected chi connectivity index (χ4v) is 1.61. The molecule has 4 nitrogen and oxygen atoms in total. The Morgan fingerprint density at radius 2 is 1.50 bits per heavy atom. The maximum Gasteiger partial charge on any atom is 0.490 e. The van der Waals surface area contributed by atoms with Crippen molar-refractivity contribution in [1.29, 1.82) is 0 Å². The standard InChI is InChI=1S/C7H8O.C7H8S.C2HF3O2.C2H6S2.H2O/c1-6-3-2-4-7(8)5-6;1-8-7-5-3-2-4-6-7;3-2(4,5)1(6)7;1-2(3)4;/h2-5,8H,1H3;2-6H,1H3;(H,6,7);2-4H,1H3;1H2. The molecule has 2 aromatic rings. The van der Waals surface area contributed by atoms with Gasteiger partial charge in [-0.3, -0.25) is 0 Å². The van der Waals surface area contributed by atoms with E-state index < -0.39 is 12.1 Å². The molecule has 0 bridgehead atoms. The third-order valence-corrected chi connectivity index (χ3v) is 2.97. The lowest BCUT2D eigenvalue weighted by molar-refractivity contribution is -0.192. The van der Waals surface area contributed by atoms with Gasteiger partial charge in [0.05, 0.1) is 0 Å². The lowest BCUT2D eigenvalue weighted by Crippen LogP contribution is -2.21. The Labute approximate surface area is 178 Å². The minimum Gasteiger partial charge on any atom is -0.508 e. The van der Waals surface area contributed by atoms with Gasteiger partial charge in [0.1, 0.15) is 5.75 Å². The number of carboxylic acids is 1. The third-order valence-electron chi connectivity index (χ3n) is 2.22. The fourth-order valence-electron chi connectivity index (χ4n) is 1.18. The van der Waals surface area contributed by atoms with Crippen molar-refractivity contribution < 1.29 is 33.7 Å². The number of benzene rings is 2. The number of alkyl halides is 3. The number of halogens is 3. The zero-order valence-corrected chi connectivity index (χ0v) is 18.1. The summed E-state index contributed by atoms with van der Waals surface area (Å²) in [6.07, 6.45) is -3.00. The predicted molar refractivity (Wildman–Crippen MR) is 116 cm³/mol. The SMILES string of the molecule is CC(S)S.CSc1ccccc1.Cc1cccc(O)c1.O.O=C(O)C(F)(F)F. The first-order valence-electron chi connectivity index (χ1n) is 7.41. The van der Waals surface area contributed by atoms with Gasteiger partial charge in [0.25, 0.3) is 0 Å². The molecule has 160 valence electrons. The van der Waals surface area contributed by atoms with Gasteiger partial charge >= 0.3 is 12.1 Å². The van der Waals surface area contributed by atoms with Gasteiger partial charge in [-0.05, 0) is 49.9 Å². The summed E-state index contributed by atoms with van der Waals surface area (Å²) in [5, 5.41) is 15.9. The van der Waals surface area contributed by atoms with Crippen LogP contribution in [0.5, 0.6) is 5.75 Å². The van der Waals surface area contributed by atoms with Gasteiger partial charge in [0.2, 0.25) is 0 Å². The number of aryl methyl sites for hydroxylation is 1. The number of carboxylic acid groups (broad SMARTS) is 1. The Kier molecular flexibility index (Phi) is 19.6. The van der Waals surface area contributed by atoms with E-state index in [1.54, 1.807) is 23.9 Å². The zero-order chi connectivity index (χ0) is 21.5. The zero-order valence-electron chi connectivity index (χ0n) is 15.5. The van der Waals surface area contributed by atoms with Crippen molar-refractivity contribution >= 4 is 43.0 Å². The van der Waals surface area contributed by atoms with Crippen LogP contribution in [0.25, 0.3) is 0 Å². The van der Waals surface area contributed by atoms with E-state index in [0.717, 1.165) is 5.56 Å². The van der Waals surface area contributed by atoms with E-state index in [9.17, 15) is 13.2 Å². The Hall–Kier alpha value is -1.49. The van der Waals surface area contributed by atoms with E-state index in [1.165, 1.54) is 4.90 Å². The van der Waals surface area contributed by atoms with Crippen LogP contribution in [0, 0.1) is 6.92 Å². The van der Waals surface area contributed by atoms with Crippen molar-refractivity contribution in [2.24, 2.45) is 0 Å². The fraction of sp³-hybridized carbons (Fsp3) is 0.278. The highest BCUT2D eigenvalue weighted by Crippen LogP contribution is 2.13. The van der Waals surface area contributed by atoms with Crippen molar-refractivity contribution in [3.05, 3.63) is 60.2 Å². The van der Waals surface area contributed by atoms with Crippen molar-refractivity contribution in [3.8, 4) is 5.75 Å². The van der Waals surface area contributed by atoms with Crippen LogP contribution in [0.15, 0.2) is 59.5 Å². The van der Waals surface area contributed by atoms with E-state index in [2.05, 4.69) is 43.6 Å². The average molecular weight is 459 g/mol. The van der Waals surface area contributed by atoms with Crippen LogP contribution >= 0.6 is 37.0 Å². The minimum absolute atomic E-state index is 0. The van der Waals surface area contributed by atoms with Crippen LogP contribution in [0.1, 0.15) is 12.5 Å². The summed E-state index contributed by atoms with van der Waals surface area (Å²) >= 11 is 9.43. The van der Waals surface area contributed by atoms with Crippen LogP contribution in [0.2, 0.25) is 0 Å². The Bertz CT molecular complexity index is 619. The second-order valence-corrected chi connectivity index (χ2v) is 7.63. The monoisotopic (exact) mass is 458 g/mol. The van der Waals surface area contributed by atoms with E-state index in [1.807, 2.05) is 44.2 Å². The van der Waals surface area contributed by atoms with Gasteiger partial charge < -0.3 is 15.7 Å². The highest BCUT2D eigenvalue weighted by atomic mass is 32.2. The summed E-state index contributed by atoms with van der Waals surface area (Å²) in [6.45, 7) is 3.84. The summed E-state index contributed by atoms with van der Waals surface area (Å²) in [6, 6.07) is 17.5. The summed E-state index contributed by atoms with van der Waals surface area (Å²) in [5.74, 6) is -2.42. The second kappa shape index (κ2) is 17.6. The molecular formula is C18H25F3O4S3. The first-order valence-corrected chi connectivity index (χ1v) is 9.66. The molecule has 0 radical (unpaired) electrons. The summed E-state index contributed by atoms with van der Waals surface area (Å²) in [5.41, 5.74) is 1.09. The van der Waals surface area contributed by atoms with Gasteiger partial charge in [0, 0.05) is 9.48 Å². The Balaban J connectivity index is -0.000000303. The van der Waals surface area contributed by atoms with E-state index in [0.29, 0.717) is 5.75 Å². The van der Waals surface area contributed by atoms with Crippen LogP contribution in [-0.4, -0.2) is 38.7 Å². The van der Waals surface area contributed by atoms with Gasteiger partial charge in [-0.1, -0.05) is 30.3 Å². The average Bonchev–Trinajstić information content (AvgIpc) is 2.55. The normalized spacial score (nSPS) is 9.32. The number of rotatable bonds is 1. The maximum absolute atomic E-state index is 10.6. The molecule has 0 fully saturated rings. The smallest absolute Gasteiger partial charge is 0.490 e. The molecule has 2 aromatic carbocycles. The van der Waals surface area contributed by atoms with Gasteiger partial charge in [-0.25, -0.2) is 4.79 Å². The first-order chi connectivity index (χ1) is 12.4. The number of carbonyl (C=O) groups is 1. The number of aliphatic carboxylic acids is 1. The minimum atomic E-state index is -5.08. The Morgan fingerprint density at radius 3 is 1.71 bits per heavy atom. The topological polar surface area (TPSA) is 89.0 Å². The maximum atomic E-state index is 10.6. The number of hydrogen-bond donors (Lipinski definition) is 4. The number of thiol groups is 2. The number of aromatic hydroxyl groups is 1. The van der Waals surface area contributed by atoms with Crippen molar-refractivity contribution in [2.75, 3.05) is 6.26 Å². The largest absolute Gasteiger partial charge is 0.508 e. The molecule has 28 heavy (non-hydrogen) atoms. The third kappa shape index (κ3) is 22.6. The molecule has 10 heteroatoms. The molecule has 0 atom stereocenters. The van der Waals surface area contributed by atoms with E-state index in [4.69, 9.17) is 15.0 Å². The summed E-state index contributed by atoms with van der Waals surface area (Å²) in [4.78, 5) is 10.2. The number of phenols is 1. The van der Waals surface area contributed by atoms with Gasteiger partial charge in [-0.15, -0.1) is 11.8 Å². The molecule has 0 amide bonds. The highest BCUT2D eigenvalue weighted by molar-refractivity contribution is 7.99. The van der Waals surface area contributed by atoms with E-state index in [-0.39, 0.29) is 10.1 Å². The molecule has 2 rings (SSSR count). The lowest BCUT2D eigenvalue weighted by Gasteiger charge is -1.93. The molecule has 0 saturated heterocycles. The highest BCUT2D eigenvalue weighted by Gasteiger charge is 2.38. The van der Waals surface area contributed by atoms with Crippen LogP contribution in [0.4, 0.5) is 13.2 Å². The van der Waals surface area contributed by atoms with Crippen molar-refractivity contribution in [1.82, 2.24) is 0 Å². The van der Waals surface area contributed by atoms with Gasteiger partial charge in [0.15, 0.2) is 0 Å². The molecule has 0 saturated carbocycles. The van der Waals surface area contributed by atoms with Crippen LogP contribution in [0.3, 0.4) is 0 Å². The predicted octanol–water partition coefficient (Wildman–Crippen LogP) is 5.11. The molecule has 0 aliphatic carbocycles. The molecule has 0 spiro atoms. The number of thioether (sulfide) groups is 1. The molecule has 0 heterocycles. The van der Waals surface area contributed by atoms with Crippen LogP contribution < -0.4 is 0 Å². The van der Waals surface area contributed by atoms with Gasteiger partial charge in [-0.2, -0.15) is 38.4 Å². The molecular weight excluding hydrogens is 433 g/mol. The lowest BCUT2D eigenvalue weighted by atomic mass is 10.2. The Morgan fingerprint density at radius 1 is 1.07 bits per heavy atom. The molecule has 4 N–H and O–H groups in total. The number of hydrogen-bond acceptors (Lipinski definition) is 5. The molecule has 0 aromatic heterocycles. The first kappa shape index (κ1) is 31.2.